The minimum atomic E-state index is -1.33. The number of carbonyl (C=O) groups is 2. The molecule has 140 valence electrons. The lowest BCUT2D eigenvalue weighted by Crippen LogP contribution is -2.51. The number of hydrogen-bond donors (Lipinski definition) is 1. The Hall–Kier alpha value is -2.83. The maximum Gasteiger partial charge on any atom is 0.336 e. The van der Waals surface area contributed by atoms with Gasteiger partial charge in [0.1, 0.15) is 11.3 Å². The zero-order chi connectivity index (χ0) is 19.4. The van der Waals surface area contributed by atoms with E-state index in [4.69, 9.17) is 9.15 Å². The van der Waals surface area contributed by atoms with Gasteiger partial charge in [0.25, 0.3) is 5.91 Å². The molecule has 7 heteroatoms. The van der Waals surface area contributed by atoms with Crippen LogP contribution >= 0.6 is 0 Å². The highest BCUT2D eigenvalue weighted by molar-refractivity contribution is 5.86. The fourth-order valence-electron chi connectivity index (χ4n) is 2.61. The fourth-order valence-corrected chi connectivity index (χ4v) is 2.61. The Bertz CT molecular complexity index is 870. The van der Waals surface area contributed by atoms with Gasteiger partial charge in [0.05, 0.1) is 12.0 Å². The summed E-state index contributed by atoms with van der Waals surface area (Å²) in [4.78, 5) is 34.9. The normalized spacial score (nSPS) is 13.4. The van der Waals surface area contributed by atoms with E-state index in [-0.39, 0.29) is 12.3 Å². The molecular weight excluding hydrogens is 338 g/mol. The predicted octanol–water partition coefficient (Wildman–Crippen LogP) is 1.15. The molecule has 7 nitrogen and oxygen atoms in total. The van der Waals surface area contributed by atoms with E-state index in [1.807, 2.05) is 13.8 Å². The van der Waals surface area contributed by atoms with Crippen LogP contribution in [0.1, 0.15) is 32.8 Å². The molecule has 0 spiro atoms. The number of amides is 1. The number of rotatable bonds is 7. The van der Waals surface area contributed by atoms with Crippen molar-refractivity contribution in [1.82, 2.24) is 5.32 Å². The van der Waals surface area contributed by atoms with Crippen molar-refractivity contribution in [3.05, 3.63) is 40.2 Å². The van der Waals surface area contributed by atoms with Crippen LogP contribution in [0.4, 0.5) is 0 Å². The van der Waals surface area contributed by atoms with Crippen molar-refractivity contribution in [3.63, 3.8) is 0 Å². The van der Waals surface area contributed by atoms with Crippen molar-refractivity contribution in [2.75, 3.05) is 0 Å². The number of nitrogens with one attached hydrogen (secondary N) is 1. The van der Waals surface area contributed by atoms with Gasteiger partial charge < -0.3 is 24.4 Å². The van der Waals surface area contributed by atoms with Gasteiger partial charge >= 0.3 is 5.63 Å². The van der Waals surface area contributed by atoms with Gasteiger partial charge in [-0.3, -0.25) is 4.79 Å². The lowest BCUT2D eigenvalue weighted by Gasteiger charge is -2.23. The van der Waals surface area contributed by atoms with Crippen LogP contribution in [0.15, 0.2) is 33.5 Å². The highest BCUT2D eigenvalue weighted by atomic mass is 16.5. The molecule has 0 unspecified atom stereocenters. The highest BCUT2D eigenvalue weighted by Crippen LogP contribution is 2.23. The molecule has 0 aliphatic rings. The van der Waals surface area contributed by atoms with Gasteiger partial charge in [-0.2, -0.15) is 0 Å². The van der Waals surface area contributed by atoms with Crippen molar-refractivity contribution in [2.45, 2.75) is 46.3 Å². The summed E-state index contributed by atoms with van der Waals surface area (Å²) < 4.78 is 10.7. The number of benzene rings is 1. The van der Waals surface area contributed by atoms with Gasteiger partial charge in [-0.15, -0.1) is 0 Å². The van der Waals surface area contributed by atoms with E-state index in [0.29, 0.717) is 11.3 Å². The van der Waals surface area contributed by atoms with Crippen molar-refractivity contribution >= 4 is 22.8 Å². The molecular formula is C19H22NO6-. The summed E-state index contributed by atoms with van der Waals surface area (Å²) >= 11 is 0. The minimum Gasteiger partial charge on any atom is -0.548 e. The summed E-state index contributed by atoms with van der Waals surface area (Å²) in [6.45, 7) is 7.01. The Balaban J connectivity index is 2.12. The molecule has 1 aromatic carbocycles. The van der Waals surface area contributed by atoms with E-state index in [1.165, 1.54) is 19.1 Å². The molecule has 1 amide bonds. The van der Waals surface area contributed by atoms with Crippen molar-refractivity contribution in [1.29, 1.82) is 0 Å². The first-order valence-corrected chi connectivity index (χ1v) is 8.39. The van der Waals surface area contributed by atoms with E-state index >= 15 is 0 Å². The van der Waals surface area contributed by atoms with Gasteiger partial charge in [0.2, 0.25) is 0 Å². The lowest BCUT2D eigenvalue weighted by molar-refractivity contribution is -0.308. The highest BCUT2D eigenvalue weighted by Gasteiger charge is 2.21. The second-order valence-corrected chi connectivity index (χ2v) is 6.68. The zero-order valence-electron chi connectivity index (χ0n) is 15.2. The standard InChI is InChI=1S/C19H23NO6/c1-10(2)7-15(19(23)24)20-18(22)12(4)25-13-5-6-14-11(3)8-17(21)26-16(14)9-13/h5-6,8-10,12,15H,7H2,1-4H3,(H,20,22)(H,23,24)/p-1/t12-,15+/m1/s1. The molecule has 2 rings (SSSR count). The molecule has 0 saturated heterocycles. The first-order valence-electron chi connectivity index (χ1n) is 8.39. The summed E-state index contributed by atoms with van der Waals surface area (Å²) in [6.07, 6.45) is -0.667. The number of ether oxygens (including phenoxy) is 1. The zero-order valence-corrected chi connectivity index (χ0v) is 15.2. The van der Waals surface area contributed by atoms with Crippen LogP contribution in [0, 0.1) is 12.8 Å². The number of aryl methyl sites for hydroxylation is 1. The van der Waals surface area contributed by atoms with Gasteiger partial charge in [0.15, 0.2) is 6.10 Å². The van der Waals surface area contributed by atoms with Gasteiger partial charge in [-0.25, -0.2) is 4.79 Å². The molecule has 0 bridgehead atoms. The summed E-state index contributed by atoms with van der Waals surface area (Å²) in [7, 11) is 0. The summed E-state index contributed by atoms with van der Waals surface area (Å²) in [6, 6.07) is 5.23. The minimum absolute atomic E-state index is 0.0843. The predicted molar refractivity (Wildman–Crippen MR) is 93.7 cm³/mol. The molecule has 0 aliphatic carbocycles. The van der Waals surface area contributed by atoms with Crippen LogP contribution in [0.25, 0.3) is 11.0 Å². The topological polar surface area (TPSA) is 109 Å². The third kappa shape index (κ3) is 4.84. The number of carboxylic acids is 1. The van der Waals surface area contributed by atoms with Crippen LogP contribution in [-0.4, -0.2) is 24.0 Å². The van der Waals surface area contributed by atoms with Crippen molar-refractivity contribution in [2.24, 2.45) is 5.92 Å². The first kappa shape index (κ1) is 19.5. The monoisotopic (exact) mass is 360 g/mol. The molecule has 0 fully saturated rings. The second kappa shape index (κ2) is 8.03. The van der Waals surface area contributed by atoms with E-state index in [0.717, 1.165) is 10.9 Å². The van der Waals surface area contributed by atoms with Gasteiger partial charge in [0, 0.05) is 17.5 Å². The number of hydrogen-bond acceptors (Lipinski definition) is 6. The number of carbonyl (C=O) groups excluding carboxylic acids is 2. The summed E-state index contributed by atoms with van der Waals surface area (Å²) in [5.74, 6) is -1.48. The van der Waals surface area contributed by atoms with E-state index < -0.39 is 29.6 Å². The quantitative estimate of drug-likeness (QED) is 0.742. The van der Waals surface area contributed by atoms with E-state index in [9.17, 15) is 19.5 Å². The van der Waals surface area contributed by atoms with E-state index in [1.54, 1.807) is 19.1 Å². The largest absolute Gasteiger partial charge is 0.548 e. The third-order valence-electron chi connectivity index (χ3n) is 3.91. The molecule has 0 radical (unpaired) electrons. The van der Waals surface area contributed by atoms with Crippen molar-refractivity contribution < 1.29 is 23.8 Å². The van der Waals surface area contributed by atoms with Crippen LogP contribution in [0.5, 0.6) is 5.75 Å². The third-order valence-corrected chi connectivity index (χ3v) is 3.91. The van der Waals surface area contributed by atoms with Gasteiger partial charge in [-0.05, 0) is 43.9 Å². The Morgan fingerprint density at radius 3 is 2.54 bits per heavy atom. The molecule has 1 N–H and O–H groups in total. The maximum absolute atomic E-state index is 12.2. The lowest BCUT2D eigenvalue weighted by atomic mass is 10.0. The molecule has 2 atom stereocenters. The molecule has 1 aromatic heterocycles. The van der Waals surface area contributed by atoms with Crippen LogP contribution in [-0.2, 0) is 9.59 Å². The van der Waals surface area contributed by atoms with Gasteiger partial charge in [-0.1, -0.05) is 13.8 Å². The maximum atomic E-state index is 12.2. The second-order valence-electron chi connectivity index (χ2n) is 6.68. The Labute approximate surface area is 151 Å². The fraction of sp³-hybridized carbons (Fsp3) is 0.421. The Kier molecular flexibility index (Phi) is 6.02. The number of carboxylic acid groups (broad SMARTS) is 1. The molecule has 2 aromatic rings. The van der Waals surface area contributed by atoms with Crippen LogP contribution in [0.2, 0.25) is 0 Å². The first-order chi connectivity index (χ1) is 12.2. The van der Waals surface area contributed by atoms with Crippen LogP contribution < -0.4 is 20.8 Å². The summed E-state index contributed by atoms with van der Waals surface area (Å²) in [5, 5.41) is 14.3. The Morgan fingerprint density at radius 2 is 1.92 bits per heavy atom. The SMILES string of the molecule is Cc1cc(=O)oc2cc(O[C@H](C)C(=O)N[C@@H](CC(C)C)C(=O)[O-])ccc12. The molecule has 0 aliphatic heterocycles. The molecule has 0 saturated carbocycles. The smallest absolute Gasteiger partial charge is 0.336 e. The van der Waals surface area contributed by atoms with E-state index in [2.05, 4.69) is 5.32 Å². The van der Waals surface area contributed by atoms with Crippen LogP contribution in [0.3, 0.4) is 0 Å². The molecule has 1 heterocycles. The summed E-state index contributed by atoms with van der Waals surface area (Å²) in [5.41, 5.74) is 0.662. The number of fused-ring (bicyclic) bond motifs is 1. The average Bonchev–Trinajstić information content (AvgIpc) is 2.52. The number of aliphatic carboxylic acids is 1. The average molecular weight is 360 g/mol. The Morgan fingerprint density at radius 1 is 1.23 bits per heavy atom. The van der Waals surface area contributed by atoms with Crippen molar-refractivity contribution in [3.8, 4) is 5.75 Å². The molecule has 26 heavy (non-hydrogen) atoms.